The van der Waals surface area contributed by atoms with E-state index < -0.39 is 5.66 Å². The summed E-state index contributed by atoms with van der Waals surface area (Å²) in [7, 11) is 1.62. The Labute approximate surface area is 163 Å². The van der Waals surface area contributed by atoms with Crippen LogP contribution < -0.4 is 21.1 Å². The molecule has 5 N–H and O–H groups in total. The Morgan fingerprint density at radius 2 is 1.96 bits per heavy atom. The first kappa shape index (κ1) is 18.4. The van der Waals surface area contributed by atoms with Gasteiger partial charge in [0.2, 0.25) is 11.9 Å². The van der Waals surface area contributed by atoms with Gasteiger partial charge in [-0.15, -0.1) is 0 Å². The fraction of sp³-hybridized carbons (Fsp3) is 0.400. The van der Waals surface area contributed by atoms with Gasteiger partial charge in [0.1, 0.15) is 29.5 Å². The van der Waals surface area contributed by atoms with Crippen LogP contribution in [0.1, 0.15) is 37.9 Å². The number of rotatable bonds is 4. The Balaban J connectivity index is 1.89. The number of methoxy groups -OCH3 is 1. The third-order valence-corrected chi connectivity index (χ3v) is 5.38. The van der Waals surface area contributed by atoms with Gasteiger partial charge in [-0.2, -0.15) is 4.99 Å². The molecule has 0 atom stereocenters. The summed E-state index contributed by atoms with van der Waals surface area (Å²) in [5, 5.41) is 9.37. The molecule has 1 aromatic carbocycles. The normalized spacial score (nSPS) is 18.7. The number of aliphatic imine (C=N–C) groups is 2. The van der Waals surface area contributed by atoms with Crippen molar-refractivity contribution in [1.82, 2.24) is 0 Å². The van der Waals surface area contributed by atoms with Gasteiger partial charge in [0.05, 0.1) is 12.8 Å². The van der Waals surface area contributed by atoms with Crippen LogP contribution >= 0.6 is 0 Å². The number of hydrogen-bond donors (Lipinski definition) is 3. The maximum atomic E-state index is 9.37. The summed E-state index contributed by atoms with van der Waals surface area (Å²) in [5.74, 6) is 2.32. The minimum Gasteiger partial charge on any atom is -0.497 e. The van der Waals surface area contributed by atoms with E-state index in [-0.39, 0.29) is 12.6 Å². The molecular weight excluding hydrogens is 358 g/mol. The van der Waals surface area contributed by atoms with Gasteiger partial charge in [0, 0.05) is 11.6 Å². The average Bonchev–Trinajstić information content (AvgIpc) is 3.17. The number of ether oxygens (including phenoxy) is 1. The lowest BCUT2D eigenvalue weighted by atomic mass is 9.86. The van der Waals surface area contributed by atoms with Gasteiger partial charge in [0.15, 0.2) is 0 Å². The number of anilines is 1. The topological polar surface area (TPSA) is 123 Å². The zero-order chi connectivity index (χ0) is 19.7. The van der Waals surface area contributed by atoms with Crippen molar-refractivity contribution in [3.05, 3.63) is 36.1 Å². The molecule has 2 aliphatic rings. The van der Waals surface area contributed by atoms with Crippen LogP contribution in [0.4, 0.5) is 5.69 Å². The van der Waals surface area contributed by atoms with Crippen LogP contribution in [0.15, 0.2) is 44.7 Å². The SMILES string of the molecule is COc1ccc(-c2ccc(CO)o2)c(N2C(N)=NC(N)=NC23CCCCC3)c1. The number of nitrogens with zero attached hydrogens (tertiary/aromatic N) is 3. The predicted octanol–water partition coefficient (Wildman–Crippen LogP) is 2.56. The van der Waals surface area contributed by atoms with Crippen LogP contribution in [0.5, 0.6) is 5.75 Å². The minimum atomic E-state index is -0.568. The Bertz CT molecular complexity index is 928. The van der Waals surface area contributed by atoms with Crippen LogP contribution in [-0.2, 0) is 6.61 Å². The van der Waals surface area contributed by atoms with Gasteiger partial charge in [-0.1, -0.05) is 6.42 Å². The summed E-state index contributed by atoms with van der Waals surface area (Å²) in [5.41, 5.74) is 13.4. The molecule has 0 saturated heterocycles. The summed E-state index contributed by atoms with van der Waals surface area (Å²) in [6.45, 7) is -0.163. The first-order chi connectivity index (χ1) is 13.6. The molecule has 1 saturated carbocycles. The molecular formula is C20H25N5O3. The number of aliphatic hydroxyl groups is 1. The van der Waals surface area contributed by atoms with Crippen molar-refractivity contribution in [3.63, 3.8) is 0 Å². The average molecular weight is 383 g/mol. The van der Waals surface area contributed by atoms with Crippen molar-refractivity contribution in [2.75, 3.05) is 12.0 Å². The van der Waals surface area contributed by atoms with Crippen LogP contribution in [0.25, 0.3) is 11.3 Å². The first-order valence-corrected chi connectivity index (χ1v) is 9.44. The van der Waals surface area contributed by atoms with Gasteiger partial charge in [-0.3, -0.25) is 4.90 Å². The van der Waals surface area contributed by atoms with Crippen LogP contribution in [0.3, 0.4) is 0 Å². The lowest BCUT2D eigenvalue weighted by Crippen LogP contribution is -2.58. The molecule has 1 aromatic heterocycles. The van der Waals surface area contributed by atoms with E-state index in [2.05, 4.69) is 4.99 Å². The molecule has 1 aliphatic carbocycles. The molecule has 4 rings (SSSR count). The zero-order valence-electron chi connectivity index (χ0n) is 15.9. The Morgan fingerprint density at radius 3 is 2.64 bits per heavy atom. The van der Waals surface area contributed by atoms with Crippen molar-refractivity contribution in [3.8, 4) is 17.1 Å². The molecule has 1 spiro atoms. The van der Waals surface area contributed by atoms with E-state index in [0.29, 0.717) is 23.2 Å². The van der Waals surface area contributed by atoms with E-state index in [1.54, 1.807) is 13.2 Å². The minimum absolute atomic E-state index is 0.163. The molecule has 0 radical (unpaired) electrons. The Kier molecular flexibility index (Phi) is 4.72. The highest BCUT2D eigenvalue weighted by Gasteiger charge is 2.43. The number of nitrogens with two attached hydrogens (primary N) is 2. The predicted molar refractivity (Wildman–Crippen MR) is 108 cm³/mol. The standard InChI is InChI=1S/C20H25N5O3/c1-27-13-5-7-15(17-8-6-14(12-26)28-17)16(11-13)25-19(22)23-18(21)24-20(25)9-3-2-4-10-20/h5-8,11,26H,2-4,9-10,12H2,1H3,(H4,21,22,23,24). The fourth-order valence-corrected chi connectivity index (χ4v) is 4.11. The van der Waals surface area contributed by atoms with E-state index in [4.69, 9.17) is 25.6 Å². The third-order valence-electron chi connectivity index (χ3n) is 5.38. The summed E-state index contributed by atoms with van der Waals surface area (Å²) in [4.78, 5) is 10.9. The second-order valence-electron chi connectivity index (χ2n) is 7.13. The second-order valence-corrected chi connectivity index (χ2v) is 7.13. The zero-order valence-corrected chi connectivity index (χ0v) is 15.9. The molecule has 8 heteroatoms. The van der Waals surface area contributed by atoms with Gasteiger partial charge in [-0.25, -0.2) is 4.99 Å². The lowest BCUT2D eigenvalue weighted by Gasteiger charge is -2.46. The first-order valence-electron chi connectivity index (χ1n) is 9.44. The van der Waals surface area contributed by atoms with Crippen LogP contribution in [-0.4, -0.2) is 29.8 Å². The molecule has 1 fully saturated rings. The summed E-state index contributed by atoms with van der Waals surface area (Å²) >= 11 is 0. The smallest absolute Gasteiger partial charge is 0.220 e. The Hall–Kier alpha value is -3.00. The number of benzene rings is 1. The van der Waals surface area contributed by atoms with Crippen molar-refractivity contribution in [2.45, 2.75) is 44.4 Å². The molecule has 1 aliphatic heterocycles. The summed E-state index contributed by atoms with van der Waals surface area (Å²) in [6, 6.07) is 9.27. The Morgan fingerprint density at radius 1 is 1.18 bits per heavy atom. The van der Waals surface area contributed by atoms with E-state index in [1.807, 2.05) is 29.2 Å². The molecule has 8 nitrogen and oxygen atoms in total. The highest BCUT2D eigenvalue weighted by Crippen LogP contribution is 2.44. The quantitative estimate of drug-likeness (QED) is 0.746. The third kappa shape index (κ3) is 3.09. The van der Waals surface area contributed by atoms with Crippen molar-refractivity contribution < 1.29 is 14.3 Å². The number of hydrogen-bond acceptors (Lipinski definition) is 8. The van der Waals surface area contributed by atoms with Gasteiger partial charge < -0.3 is 25.7 Å². The number of furan rings is 1. The molecule has 148 valence electrons. The molecule has 2 aromatic rings. The molecule has 0 bridgehead atoms. The van der Waals surface area contributed by atoms with E-state index in [1.165, 1.54) is 0 Å². The lowest BCUT2D eigenvalue weighted by molar-refractivity contribution is 0.248. The van der Waals surface area contributed by atoms with Gasteiger partial charge in [-0.05, 0) is 49.9 Å². The summed E-state index contributed by atoms with van der Waals surface area (Å²) < 4.78 is 11.3. The van der Waals surface area contributed by atoms with Crippen LogP contribution in [0.2, 0.25) is 0 Å². The van der Waals surface area contributed by atoms with Crippen molar-refractivity contribution >= 4 is 17.6 Å². The molecule has 2 heterocycles. The van der Waals surface area contributed by atoms with Gasteiger partial charge in [0.25, 0.3) is 0 Å². The van der Waals surface area contributed by atoms with E-state index in [0.717, 1.165) is 43.4 Å². The molecule has 0 unspecified atom stereocenters. The van der Waals surface area contributed by atoms with Crippen LogP contribution in [0, 0.1) is 0 Å². The maximum Gasteiger partial charge on any atom is 0.220 e. The summed E-state index contributed by atoms with van der Waals surface area (Å²) in [6.07, 6.45) is 4.90. The van der Waals surface area contributed by atoms with E-state index >= 15 is 0 Å². The fourth-order valence-electron chi connectivity index (χ4n) is 4.11. The van der Waals surface area contributed by atoms with E-state index in [9.17, 15) is 5.11 Å². The molecule has 0 amide bonds. The largest absolute Gasteiger partial charge is 0.497 e. The highest BCUT2D eigenvalue weighted by atomic mass is 16.5. The monoisotopic (exact) mass is 383 g/mol. The molecule has 28 heavy (non-hydrogen) atoms. The van der Waals surface area contributed by atoms with Gasteiger partial charge >= 0.3 is 0 Å². The maximum absolute atomic E-state index is 9.37. The highest BCUT2D eigenvalue weighted by molar-refractivity contribution is 6.07. The second kappa shape index (κ2) is 7.20. The van der Waals surface area contributed by atoms with Crippen molar-refractivity contribution in [1.29, 1.82) is 0 Å². The number of guanidine groups is 2. The number of aliphatic hydroxyl groups excluding tert-OH is 1. The van der Waals surface area contributed by atoms with Crippen molar-refractivity contribution in [2.24, 2.45) is 21.5 Å².